The van der Waals surface area contributed by atoms with E-state index in [9.17, 15) is 8.78 Å². The minimum absolute atomic E-state index is 0.154. The Morgan fingerprint density at radius 2 is 1.96 bits per heavy atom. The topological polar surface area (TPSA) is 33.5 Å². The summed E-state index contributed by atoms with van der Waals surface area (Å²) in [5, 5.41) is 4.72. The zero-order valence-electron chi connectivity index (χ0n) is 14.9. The highest BCUT2D eigenvalue weighted by Crippen LogP contribution is 2.45. The van der Waals surface area contributed by atoms with Crippen LogP contribution in [0.5, 0.6) is 0 Å². The Morgan fingerprint density at radius 1 is 1.28 bits per heavy atom. The van der Waals surface area contributed by atoms with Crippen molar-refractivity contribution >= 4 is 11.9 Å². The van der Waals surface area contributed by atoms with Crippen LogP contribution in [0.15, 0.2) is 11.1 Å². The summed E-state index contributed by atoms with van der Waals surface area (Å²) in [5.41, 5.74) is 0.271. The van der Waals surface area contributed by atoms with Crippen LogP contribution in [0, 0.1) is 11.3 Å². The molecule has 140 valence electrons. The fourth-order valence-electron chi connectivity index (χ4n) is 4.17. The number of nitrogens with zero attached hydrogens (tertiary/aromatic N) is 4. The van der Waals surface area contributed by atoms with Crippen LogP contribution in [0.3, 0.4) is 0 Å². The molecule has 0 unspecified atom stereocenters. The molecule has 4 rings (SSSR count). The molecule has 0 atom stereocenters. The van der Waals surface area contributed by atoms with E-state index in [0.29, 0.717) is 5.41 Å². The molecule has 1 aromatic heterocycles. The highest BCUT2D eigenvalue weighted by molar-refractivity contribution is 7.97. The third-order valence-corrected chi connectivity index (χ3v) is 6.59. The smallest absolute Gasteiger partial charge is 0.288 e. The van der Waals surface area contributed by atoms with E-state index in [-0.39, 0.29) is 5.69 Å². The molecule has 0 amide bonds. The van der Waals surface area contributed by atoms with Gasteiger partial charge in [0.25, 0.3) is 5.92 Å². The third-order valence-electron chi connectivity index (χ3n) is 5.51. The Kier molecular flexibility index (Phi) is 4.58. The Morgan fingerprint density at radius 3 is 2.56 bits per heavy atom. The monoisotopic (exact) mass is 372 g/mol. The fourth-order valence-corrected chi connectivity index (χ4v) is 5.44. The largest absolute Gasteiger partial charge is 0.381 e. The third kappa shape index (κ3) is 3.72. The number of halogens is 2. The molecular weight excluding hydrogens is 346 g/mol. The standard InChI is InChI=1S/C17H26F2N4OS/c1-16(18,19)14-7-15(21(2)20-14)25-23-11-17(12-23)9-22(10-17)8-13-3-5-24-6-4-13/h7,13H,3-6,8-12H2,1-2H3. The predicted molar refractivity (Wildman–Crippen MR) is 92.6 cm³/mol. The van der Waals surface area contributed by atoms with Crippen molar-refractivity contribution in [3.63, 3.8) is 0 Å². The maximum absolute atomic E-state index is 13.4. The molecule has 0 radical (unpaired) electrons. The van der Waals surface area contributed by atoms with Crippen molar-refractivity contribution in [1.29, 1.82) is 0 Å². The molecule has 4 heterocycles. The van der Waals surface area contributed by atoms with Crippen molar-refractivity contribution in [3.05, 3.63) is 11.8 Å². The van der Waals surface area contributed by atoms with Gasteiger partial charge >= 0.3 is 0 Å². The second-order valence-corrected chi connectivity index (χ2v) is 9.11. The van der Waals surface area contributed by atoms with Gasteiger partial charge in [0.2, 0.25) is 0 Å². The average Bonchev–Trinajstić information content (AvgIpc) is 2.85. The minimum Gasteiger partial charge on any atom is -0.381 e. The van der Waals surface area contributed by atoms with E-state index >= 15 is 0 Å². The van der Waals surface area contributed by atoms with Gasteiger partial charge in [-0.3, -0.25) is 4.68 Å². The summed E-state index contributed by atoms with van der Waals surface area (Å²) in [6, 6.07) is 1.51. The first-order valence-electron chi connectivity index (χ1n) is 8.98. The first-order chi connectivity index (χ1) is 11.8. The molecule has 0 aromatic carbocycles. The lowest BCUT2D eigenvalue weighted by atomic mass is 9.74. The van der Waals surface area contributed by atoms with Gasteiger partial charge in [-0.05, 0) is 30.7 Å². The molecule has 0 N–H and O–H groups in total. The second-order valence-electron chi connectivity index (χ2n) is 7.99. The number of likely N-dealkylation sites (tertiary alicyclic amines) is 1. The first kappa shape index (κ1) is 17.7. The number of aromatic nitrogens is 2. The lowest BCUT2D eigenvalue weighted by molar-refractivity contribution is -0.0881. The maximum Gasteiger partial charge on any atom is 0.288 e. The highest BCUT2D eigenvalue weighted by Gasteiger charge is 2.52. The van der Waals surface area contributed by atoms with Gasteiger partial charge < -0.3 is 9.64 Å². The van der Waals surface area contributed by atoms with E-state index in [1.54, 1.807) is 23.7 Å². The van der Waals surface area contributed by atoms with Crippen molar-refractivity contribution < 1.29 is 13.5 Å². The van der Waals surface area contributed by atoms with Gasteiger partial charge in [0.15, 0.2) is 0 Å². The molecule has 0 bridgehead atoms. The van der Waals surface area contributed by atoms with Crippen molar-refractivity contribution in [2.45, 2.75) is 30.7 Å². The molecule has 3 fully saturated rings. The van der Waals surface area contributed by atoms with Crippen LogP contribution in [-0.4, -0.2) is 64.9 Å². The number of rotatable bonds is 5. The highest BCUT2D eigenvalue weighted by atomic mass is 32.2. The van der Waals surface area contributed by atoms with Crippen LogP contribution in [0.2, 0.25) is 0 Å². The lowest BCUT2D eigenvalue weighted by Crippen LogP contribution is -2.70. The number of aryl methyl sites for hydroxylation is 1. The Labute approximate surface area is 151 Å². The van der Waals surface area contributed by atoms with Gasteiger partial charge in [-0.2, -0.15) is 13.9 Å². The minimum atomic E-state index is -2.88. The van der Waals surface area contributed by atoms with E-state index in [4.69, 9.17) is 4.74 Å². The molecule has 1 spiro atoms. The summed E-state index contributed by atoms with van der Waals surface area (Å²) in [5.74, 6) is -2.09. The molecule has 1 aromatic rings. The first-order valence-corrected chi connectivity index (χ1v) is 9.76. The number of alkyl halides is 2. The van der Waals surface area contributed by atoms with Gasteiger partial charge in [0, 0.05) is 71.4 Å². The molecule has 0 saturated carbocycles. The van der Waals surface area contributed by atoms with E-state index in [1.807, 2.05) is 0 Å². The van der Waals surface area contributed by atoms with Crippen LogP contribution in [0.4, 0.5) is 8.78 Å². The quantitative estimate of drug-likeness (QED) is 0.742. The van der Waals surface area contributed by atoms with E-state index in [0.717, 1.165) is 44.2 Å². The summed E-state index contributed by atoms with van der Waals surface area (Å²) in [6.07, 6.45) is 2.38. The summed E-state index contributed by atoms with van der Waals surface area (Å²) in [6.45, 7) is 8.33. The number of hydrogen-bond acceptors (Lipinski definition) is 5. The van der Waals surface area contributed by atoms with Gasteiger partial charge in [0.1, 0.15) is 10.7 Å². The molecule has 3 saturated heterocycles. The molecule has 5 nitrogen and oxygen atoms in total. The Bertz CT molecular complexity index is 613. The van der Waals surface area contributed by atoms with Crippen molar-refractivity contribution in [1.82, 2.24) is 19.0 Å². The van der Waals surface area contributed by atoms with Crippen molar-refractivity contribution in [3.8, 4) is 0 Å². The normalized spacial score (nSPS) is 25.1. The maximum atomic E-state index is 13.4. The van der Waals surface area contributed by atoms with E-state index < -0.39 is 5.92 Å². The molecule has 3 aliphatic heterocycles. The van der Waals surface area contributed by atoms with Crippen LogP contribution < -0.4 is 0 Å². The average molecular weight is 372 g/mol. The van der Waals surface area contributed by atoms with Gasteiger partial charge in [-0.25, -0.2) is 4.31 Å². The van der Waals surface area contributed by atoms with E-state index in [2.05, 4.69) is 14.3 Å². The zero-order valence-corrected chi connectivity index (χ0v) is 15.7. The van der Waals surface area contributed by atoms with Crippen LogP contribution >= 0.6 is 11.9 Å². The van der Waals surface area contributed by atoms with Gasteiger partial charge in [0.05, 0.1) is 0 Å². The molecule has 8 heteroatoms. The summed E-state index contributed by atoms with van der Waals surface area (Å²) >= 11 is 1.55. The van der Waals surface area contributed by atoms with Gasteiger partial charge in [-0.1, -0.05) is 0 Å². The molecule has 0 aliphatic carbocycles. The lowest BCUT2D eigenvalue weighted by Gasteiger charge is -2.60. The van der Waals surface area contributed by atoms with Crippen LogP contribution in [-0.2, 0) is 17.7 Å². The van der Waals surface area contributed by atoms with E-state index in [1.165, 1.54) is 38.5 Å². The zero-order chi connectivity index (χ0) is 17.7. The van der Waals surface area contributed by atoms with Crippen molar-refractivity contribution in [2.75, 3.05) is 45.9 Å². The number of hydrogen-bond donors (Lipinski definition) is 0. The Balaban J connectivity index is 1.23. The Hall–Kier alpha value is -0.700. The van der Waals surface area contributed by atoms with Crippen LogP contribution in [0.25, 0.3) is 0 Å². The summed E-state index contributed by atoms with van der Waals surface area (Å²) < 4.78 is 36.0. The predicted octanol–water partition coefficient (Wildman–Crippen LogP) is 2.58. The summed E-state index contributed by atoms with van der Waals surface area (Å²) in [7, 11) is 1.73. The molecule has 3 aliphatic rings. The SMILES string of the molecule is Cn1nc(C(C)(F)F)cc1SN1CC2(CN(CC3CCOCC3)C2)C1. The fraction of sp³-hybridized carbons (Fsp3) is 0.824. The number of ether oxygens (including phenoxy) is 1. The van der Waals surface area contributed by atoms with Crippen LogP contribution in [0.1, 0.15) is 25.5 Å². The van der Waals surface area contributed by atoms with Crippen molar-refractivity contribution in [2.24, 2.45) is 18.4 Å². The summed E-state index contributed by atoms with van der Waals surface area (Å²) in [4.78, 5) is 2.57. The molecule has 25 heavy (non-hydrogen) atoms. The second kappa shape index (κ2) is 6.48. The molecular formula is C17H26F2N4OS. The van der Waals surface area contributed by atoms with Gasteiger partial charge in [-0.15, -0.1) is 0 Å².